The number of allylic oxidation sites excluding steroid dienone is 2. The van der Waals surface area contributed by atoms with Crippen LogP contribution in [-0.2, 0) is 25.7 Å². The van der Waals surface area contributed by atoms with Crippen LogP contribution in [0.3, 0.4) is 0 Å². The van der Waals surface area contributed by atoms with Crippen molar-refractivity contribution in [3.8, 4) is 5.75 Å². The Hall–Kier alpha value is -2.96. The lowest BCUT2D eigenvalue weighted by Gasteiger charge is -2.38. The number of esters is 1. The van der Waals surface area contributed by atoms with E-state index < -0.39 is 11.9 Å². The van der Waals surface area contributed by atoms with Crippen molar-refractivity contribution in [3.05, 3.63) is 86.4 Å². The average Bonchev–Trinajstić information content (AvgIpc) is 2.78. The molecule has 6 nitrogen and oxygen atoms in total. The molecule has 0 saturated heterocycles. The minimum absolute atomic E-state index is 0.0583. The summed E-state index contributed by atoms with van der Waals surface area (Å²) >= 11 is 12.2. The van der Waals surface area contributed by atoms with Crippen LogP contribution in [0.15, 0.2) is 65.3 Å². The van der Waals surface area contributed by atoms with E-state index in [1.807, 2.05) is 38.1 Å². The van der Waals surface area contributed by atoms with E-state index in [1.54, 1.807) is 25.1 Å². The van der Waals surface area contributed by atoms with E-state index in [0.29, 0.717) is 45.5 Å². The topological polar surface area (TPSA) is 87.9 Å². The number of ketones is 1. The molecule has 0 bridgehead atoms. The van der Waals surface area contributed by atoms with Crippen LogP contribution in [0.25, 0.3) is 0 Å². The second-order valence-corrected chi connectivity index (χ2v) is 10.2. The Bertz CT molecular complexity index is 1250. The molecule has 2 aliphatic rings. The molecule has 0 amide bonds. The van der Waals surface area contributed by atoms with Crippen molar-refractivity contribution in [2.24, 2.45) is 11.1 Å². The lowest BCUT2D eigenvalue weighted by atomic mass is 9.70. The fourth-order valence-corrected chi connectivity index (χ4v) is 4.87. The number of Topliss-reactive ketones (excluding diaryl/α,β-unsaturated/α-hetero) is 1. The Balaban J connectivity index is 1.79. The third-order valence-corrected chi connectivity index (χ3v) is 6.80. The highest BCUT2D eigenvalue weighted by Crippen LogP contribution is 2.50. The molecule has 35 heavy (non-hydrogen) atoms. The van der Waals surface area contributed by atoms with E-state index in [2.05, 4.69) is 0 Å². The largest absolute Gasteiger partial charge is 0.489 e. The molecule has 2 N–H and O–H groups in total. The van der Waals surface area contributed by atoms with Crippen molar-refractivity contribution >= 4 is 35.0 Å². The van der Waals surface area contributed by atoms with Gasteiger partial charge in [-0.3, -0.25) is 4.79 Å². The van der Waals surface area contributed by atoms with Crippen LogP contribution < -0.4 is 10.5 Å². The average molecular weight is 516 g/mol. The number of hydrogen-bond acceptors (Lipinski definition) is 6. The third kappa shape index (κ3) is 5.19. The van der Waals surface area contributed by atoms with Crippen molar-refractivity contribution in [2.45, 2.75) is 46.1 Å². The van der Waals surface area contributed by atoms with E-state index in [1.165, 1.54) is 0 Å². The lowest BCUT2D eigenvalue weighted by molar-refractivity contribution is -0.139. The predicted octanol–water partition coefficient (Wildman–Crippen LogP) is 6.06. The van der Waals surface area contributed by atoms with Crippen molar-refractivity contribution < 1.29 is 23.8 Å². The molecule has 1 unspecified atom stereocenters. The quantitative estimate of drug-likeness (QED) is 0.470. The highest BCUT2D eigenvalue weighted by atomic mass is 35.5. The SMILES string of the molecule is CCOC(=O)C1=C(N)OC2=C(C(=O)CC(C)(C)C2)C1c1ccccc1OCc1ccc(Cl)c(Cl)c1. The van der Waals surface area contributed by atoms with Crippen molar-refractivity contribution in [1.82, 2.24) is 0 Å². The van der Waals surface area contributed by atoms with E-state index in [9.17, 15) is 9.59 Å². The molecular formula is C27H27Cl2NO5. The number of carbonyl (C=O) groups is 2. The number of benzene rings is 2. The van der Waals surface area contributed by atoms with Crippen molar-refractivity contribution in [1.29, 1.82) is 0 Å². The molecule has 0 spiro atoms. The van der Waals surface area contributed by atoms with Crippen LogP contribution in [0.1, 0.15) is 50.7 Å². The molecule has 1 aliphatic heterocycles. The lowest BCUT2D eigenvalue weighted by Crippen LogP contribution is -2.35. The molecule has 8 heteroatoms. The van der Waals surface area contributed by atoms with E-state index in [4.69, 9.17) is 43.1 Å². The molecule has 1 heterocycles. The molecule has 1 aliphatic carbocycles. The number of carbonyl (C=O) groups excluding carboxylic acids is 2. The van der Waals surface area contributed by atoms with Crippen LogP contribution >= 0.6 is 23.2 Å². The van der Waals surface area contributed by atoms with Crippen LogP contribution in [0.5, 0.6) is 5.75 Å². The number of hydrogen-bond donors (Lipinski definition) is 1. The zero-order chi connectivity index (χ0) is 25.3. The molecular weight excluding hydrogens is 489 g/mol. The second-order valence-electron chi connectivity index (χ2n) is 9.39. The van der Waals surface area contributed by atoms with Gasteiger partial charge in [-0.1, -0.05) is 61.3 Å². The van der Waals surface area contributed by atoms with Gasteiger partial charge in [0.25, 0.3) is 0 Å². The van der Waals surface area contributed by atoms with Crippen LogP contribution in [0.2, 0.25) is 10.0 Å². The number of para-hydroxylation sites is 1. The Labute approximate surface area is 214 Å². The van der Waals surface area contributed by atoms with Gasteiger partial charge in [0.15, 0.2) is 5.78 Å². The normalized spacial score (nSPS) is 19.2. The molecule has 184 valence electrons. The van der Waals surface area contributed by atoms with Gasteiger partial charge in [0, 0.05) is 24.0 Å². The highest BCUT2D eigenvalue weighted by molar-refractivity contribution is 6.42. The number of nitrogens with two attached hydrogens (primary N) is 1. The summed E-state index contributed by atoms with van der Waals surface area (Å²) in [5, 5.41) is 0.881. The molecule has 2 aromatic rings. The van der Waals surface area contributed by atoms with Crippen LogP contribution in [-0.4, -0.2) is 18.4 Å². The maximum Gasteiger partial charge on any atom is 0.340 e. The van der Waals surface area contributed by atoms with Crippen molar-refractivity contribution in [3.63, 3.8) is 0 Å². The summed E-state index contributed by atoms with van der Waals surface area (Å²) in [7, 11) is 0. The minimum atomic E-state index is -0.772. The number of ether oxygens (including phenoxy) is 3. The van der Waals surface area contributed by atoms with Gasteiger partial charge < -0.3 is 19.9 Å². The molecule has 0 aromatic heterocycles. The van der Waals surface area contributed by atoms with Gasteiger partial charge in [0.1, 0.15) is 23.7 Å². The fourth-order valence-electron chi connectivity index (χ4n) is 4.54. The summed E-state index contributed by atoms with van der Waals surface area (Å²) < 4.78 is 17.3. The third-order valence-electron chi connectivity index (χ3n) is 6.06. The Morgan fingerprint density at radius 3 is 2.60 bits per heavy atom. The maximum atomic E-state index is 13.4. The first-order valence-electron chi connectivity index (χ1n) is 11.4. The van der Waals surface area contributed by atoms with Crippen molar-refractivity contribution in [2.75, 3.05) is 6.61 Å². The first-order chi connectivity index (χ1) is 16.6. The first kappa shape index (κ1) is 25.1. The Morgan fingerprint density at radius 1 is 1.14 bits per heavy atom. The molecule has 1 atom stereocenters. The first-order valence-corrected chi connectivity index (χ1v) is 12.1. The Morgan fingerprint density at radius 2 is 1.89 bits per heavy atom. The van der Waals surface area contributed by atoms with E-state index in [-0.39, 0.29) is 35.9 Å². The fraction of sp³-hybridized carbons (Fsp3) is 0.333. The molecule has 0 radical (unpaired) electrons. The Kier molecular flexibility index (Phi) is 7.15. The smallest absolute Gasteiger partial charge is 0.340 e. The molecule has 0 saturated carbocycles. The molecule has 2 aromatic carbocycles. The monoisotopic (exact) mass is 515 g/mol. The number of rotatable bonds is 6. The highest BCUT2D eigenvalue weighted by Gasteiger charge is 2.45. The van der Waals surface area contributed by atoms with Crippen LogP contribution in [0, 0.1) is 5.41 Å². The summed E-state index contributed by atoms with van der Waals surface area (Å²) in [5.41, 5.74) is 7.95. The van der Waals surface area contributed by atoms with Gasteiger partial charge >= 0.3 is 5.97 Å². The summed E-state index contributed by atoms with van der Waals surface area (Å²) in [4.78, 5) is 26.4. The zero-order valence-electron chi connectivity index (χ0n) is 19.8. The second kappa shape index (κ2) is 9.96. The van der Waals surface area contributed by atoms with E-state index in [0.717, 1.165) is 5.56 Å². The molecule has 0 fully saturated rings. The van der Waals surface area contributed by atoms with Gasteiger partial charge in [0.2, 0.25) is 5.88 Å². The van der Waals surface area contributed by atoms with Crippen LogP contribution in [0.4, 0.5) is 0 Å². The standard InChI is InChI=1S/C27H27Cl2NO5/c1-4-33-26(32)24-22(23-19(31)12-27(2,3)13-21(23)35-25(24)30)16-7-5-6-8-20(16)34-14-15-9-10-17(28)18(29)11-15/h5-11,22H,4,12-14,30H2,1-3H3. The molecule has 4 rings (SSSR count). The van der Waals surface area contributed by atoms with Gasteiger partial charge in [-0.05, 0) is 36.1 Å². The zero-order valence-corrected chi connectivity index (χ0v) is 21.3. The minimum Gasteiger partial charge on any atom is -0.489 e. The number of halogens is 2. The van der Waals surface area contributed by atoms with E-state index >= 15 is 0 Å². The van der Waals surface area contributed by atoms with Gasteiger partial charge in [0.05, 0.1) is 22.6 Å². The van der Waals surface area contributed by atoms with Gasteiger partial charge in [-0.2, -0.15) is 0 Å². The summed E-state index contributed by atoms with van der Waals surface area (Å²) in [6.45, 7) is 6.08. The maximum absolute atomic E-state index is 13.4. The van der Waals surface area contributed by atoms with Gasteiger partial charge in [-0.15, -0.1) is 0 Å². The summed E-state index contributed by atoms with van der Waals surface area (Å²) in [5.74, 6) is -0.553. The van der Waals surface area contributed by atoms with Gasteiger partial charge in [-0.25, -0.2) is 4.79 Å². The predicted molar refractivity (Wildman–Crippen MR) is 134 cm³/mol. The summed E-state index contributed by atoms with van der Waals surface area (Å²) in [6.07, 6.45) is 0.849. The summed E-state index contributed by atoms with van der Waals surface area (Å²) in [6, 6.07) is 12.5.